The highest BCUT2D eigenvalue weighted by Crippen LogP contribution is 2.17. The zero-order chi connectivity index (χ0) is 15.8. The minimum Gasteiger partial charge on any atom is -0.457 e. The van der Waals surface area contributed by atoms with Crippen molar-refractivity contribution < 1.29 is 9.53 Å². The molecule has 0 fully saturated rings. The lowest BCUT2D eigenvalue weighted by molar-refractivity contribution is -0.148. The van der Waals surface area contributed by atoms with Crippen LogP contribution in [0.4, 0.5) is 0 Å². The molecule has 0 aromatic rings. The monoisotopic (exact) mass is 278 g/mol. The second-order valence-corrected chi connectivity index (χ2v) is 6.49. The minimum absolute atomic E-state index is 0.266. The molecule has 0 unspecified atom stereocenters. The van der Waals surface area contributed by atoms with E-state index in [2.05, 4.69) is 27.4 Å². The molecule has 2 heteroatoms. The highest BCUT2D eigenvalue weighted by atomic mass is 16.6. The van der Waals surface area contributed by atoms with Crippen LogP contribution in [0.5, 0.6) is 0 Å². The van der Waals surface area contributed by atoms with E-state index in [0.717, 1.165) is 25.7 Å². The molecule has 0 amide bonds. The first-order chi connectivity index (χ1) is 9.11. The van der Waals surface area contributed by atoms with Crippen LogP contribution < -0.4 is 0 Å². The van der Waals surface area contributed by atoms with Crippen LogP contribution in [0.3, 0.4) is 0 Å². The highest BCUT2D eigenvalue weighted by molar-refractivity contribution is 5.82. The number of hydrogen-bond acceptors (Lipinski definition) is 2. The molecule has 0 spiro atoms. The van der Waals surface area contributed by atoms with Gasteiger partial charge in [0.1, 0.15) is 5.60 Å². The van der Waals surface area contributed by atoms with Gasteiger partial charge in [-0.1, -0.05) is 22.8 Å². The molecule has 0 aromatic carbocycles. The van der Waals surface area contributed by atoms with E-state index in [1.807, 2.05) is 26.8 Å². The number of carbonyl (C=O) groups excluding carboxylic acids is 1. The lowest BCUT2D eigenvalue weighted by Gasteiger charge is -2.17. The molecule has 0 saturated carbocycles. The third-order valence-corrected chi connectivity index (χ3v) is 3.00. The van der Waals surface area contributed by atoms with Crippen molar-refractivity contribution in [1.82, 2.24) is 0 Å². The van der Waals surface area contributed by atoms with Crippen LogP contribution in [0, 0.1) is 0 Å². The lowest BCUT2D eigenvalue weighted by atomic mass is 10.0. The molecular weight excluding hydrogens is 248 g/mol. The molecule has 0 saturated heterocycles. The van der Waals surface area contributed by atoms with Crippen molar-refractivity contribution in [2.45, 2.75) is 72.8 Å². The van der Waals surface area contributed by atoms with Gasteiger partial charge in [0.15, 0.2) is 0 Å². The molecule has 0 atom stereocenters. The van der Waals surface area contributed by atoms with Gasteiger partial charge in [-0.15, -0.1) is 6.58 Å². The summed E-state index contributed by atoms with van der Waals surface area (Å²) < 4.78 is 5.21. The van der Waals surface area contributed by atoms with Gasteiger partial charge < -0.3 is 4.74 Å². The Kier molecular flexibility index (Phi) is 8.21. The largest absolute Gasteiger partial charge is 0.457 e. The summed E-state index contributed by atoms with van der Waals surface area (Å²) in [5.74, 6) is -0.266. The van der Waals surface area contributed by atoms with Crippen molar-refractivity contribution in [2.24, 2.45) is 0 Å². The summed E-state index contributed by atoms with van der Waals surface area (Å²) in [6.45, 7) is 15.9. The fourth-order valence-corrected chi connectivity index (χ4v) is 1.64. The Balaban J connectivity index is 4.13. The van der Waals surface area contributed by atoms with Crippen LogP contribution in [-0.2, 0) is 9.53 Å². The zero-order valence-corrected chi connectivity index (χ0v) is 14.0. The van der Waals surface area contributed by atoms with Gasteiger partial charge in [-0.25, -0.2) is 4.79 Å². The molecule has 0 heterocycles. The number of rotatable bonds is 7. The molecule has 0 radical (unpaired) electrons. The summed E-state index contributed by atoms with van der Waals surface area (Å²) in [6, 6.07) is 0. The molecule has 0 bridgehead atoms. The van der Waals surface area contributed by atoms with Crippen molar-refractivity contribution in [3.63, 3.8) is 0 Å². The van der Waals surface area contributed by atoms with E-state index in [0.29, 0.717) is 0 Å². The third-order valence-electron chi connectivity index (χ3n) is 3.00. The SMILES string of the molecule is C=C(C)CC/C(C)=C(/C)CC/C=C/C(=O)OC(C)(C)C. The van der Waals surface area contributed by atoms with Crippen LogP contribution in [0.1, 0.15) is 67.2 Å². The topological polar surface area (TPSA) is 26.3 Å². The minimum atomic E-state index is -0.420. The molecule has 0 aromatic heterocycles. The van der Waals surface area contributed by atoms with Gasteiger partial charge in [-0.2, -0.15) is 0 Å². The normalized spacial score (nSPS) is 13.3. The summed E-state index contributed by atoms with van der Waals surface area (Å²) in [4.78, 5) is 11.5. The van der Waals surface area contributed by atoms with Crippen LogP contribution in [-0.4, -0.2) is 11.6 Å². The second-order valence-electron chi connectivity index (χ2n) is 6.49. The van der Waals surface area contributed by atoms with E-state index in [1.165, 1.54) is 22.8 Å². The summed E-state index contributed by atoms with van der Waals surface area (Å²) in [7, 11) is 0. The maximum atomic E-state index is 11.5. The first-order valence-corrected chi connectivity index (χ1v) is 7.31. The lowest BCUT2D eigenvalue weighted by Crippen LogP contribution is -2.22. The van der Waals surface area contributed by atoms with Crippen LogP contribution in [0.15, 0.2) is 35.5 Å². The Morgan fingerprint density at radius 2 is 1.60 bits per heavy atom. The average Bonchev–Trinajstić information content (AvgIpc) is 2.28. The maximum absolute atomic E-state index is 11.5. The van der Waals surface area contributed by atoms with E-state index in [9.17, 15) is 4.79 Å². The van der Waals surface area contributed by atoms with E-state index in [4.69, 9.17) is 4.74 Å². The first kappa shape index (κ1) is 18.7. The molecule has 0 aliphatic carbocycles. The van der Waals surface area contributed by atoms with Crippen molar-refractivity contribution >= 4 is 5.97 Å². The average molecular weight is 278 g/mol. The van der Waals surface area contributed by atoms with Gasteiger partial charge in [-0.3, -0.25) is 0 Å². The molecular formula is C18H30O2. The van der Waals surface area contributed by atoms with E-state index < -0.39 is 5.60 Å². The number of carbonyl (C=O) groups is 1. The summed E-state index contributed by atoms with van der Waals surface area (Å²) in [5.41, 5.74) is 3.64. The molecule has 0 N–H and O–H groups in total. The van der Waals surface area contributed by atoms with Crippen molar-refractivity contribution in [2.75, 3.05) is 0 Å². The summed E-state index contributed by atoms with van der Waals surface area (Å²) in [5, 5.41) is 0. The van der Waals surface area contributed by atoms with Gasteiger partial charge in [0, 0.05) is 6.08 Å². The summed E-state index contributed by atoms with van der Waals surface area (Å²) >= 11 is 0. The van der Waals surface area contributed by atoms with Gasteiger partial charge >= 0.3 is 5.97 Å². The predicted octanol–water partition coefficient (Wildman–Crippen LogP) is 5.36. The predicted molar refractivity (Wildman–Crippen MR) is 86.6 cm³/mol. The Morgan fingerprint density at radius 1 is 1.05 bits per heavy atom. The Morgan fingerprint density at radius 3 is 2.10 bits per heavy atom. The number of hydrogen-bond donors (Lipinski definition) is 0. The Hall–Kier alpha value is -1.31. The highest BCUT2D eigenvalue weighted by Gasteiger charge is 2.13. The molecule has 0 aliphatic rings. The molecule has 114 valence electrons. The number of allylic oxidation sites excluding steroid dienone is 4. The Bertz CT molecular complexity index is 392. The van der Waals surface area contributed by atoms with Crippen molar-refractivity contribution in [3.05, 3.63) is 35.5 Å². The molecule has 0 aliphatic heterocycles. The number of esters is 1. The van der Waals surface area contributed by atoms with Gasteiger partial charge in [0.25, 0.3) is 0 Å². The first-order valence-electron chi connectivity index (χ1n) is 7.31. The second kappa shape index (κ2) is 8.78. The quantitative estimate of drug-likeness (QED) is 0.356. The van der Waals surface area contributed by atoms with Crippen molar-refractivity contribution in [1.29, 1.82) is 0 Å². The van der Waals surface area contributed by atoms with E-state index >= 15 is 0 Å². The standard InChI is InChI=1S/C18H30O2/c1-14(2)12-13-16(4)15(3)10-8-9-11-17(19)20-18(5,6)7/h9,11H,1,8,10,12-13H2,2-7H3/b11-9+,16-15-. The molecule has 0 rings (SSSR count). The van der Waals surface area contributed by atoms with Crippen LogP contribution >= 0.6 is 0 Å². The fourth-order valence-electron chi connectivity index (χ4n) is 1.64. The van der Waals surface area contributed by atoms with Crippen LogP contribution in [0.2, 0.25) is 0 Å². The van der Waals surface area contributed by atoms with E-state index in [1.54, 1.807) is 0 Å². The van der Waals surface area contributed by atoms with Gasteiger partial charge in [-0.05, 0) is 67.2 Å². The zero-order valence-electron chi connectivity index (χ0n) is 14.0. The summed E-state index contributed by atoms with van der Waals surface area (Å²) in [6.07, 6.45) is 7.41. The number of ether oxygens (including phenoxy) is 1. The van der Waals surface area contributed by atoms with Gasteiger partial charge in [0.2, 0.25) is 0 Å². The van der Waals surface area contributed by atoms with Crippen LogP contribution in [0.25, 0.3) is 0 Å². The fraction of sp³-hybridized carbons (Fsp3) is 0.611. The van der Waals surface area contributed by atoms with Gasteiger partial charge in [0.05, 0.1) is 0 Å². The van der Waals surface area contributed by atoms with E-state index in [-0.39, 0.29) is 5.97 Å². The van der Waals surface area contributed by atoms with Crippen molar-refractivity contribution in [3.8, 4) is 0 Å². The molecule has 20 heavy (non-hydrogen) atoms. The maximum Gasteiger partial charge on any atom is 0.330 e. The third kappa shape index (κ3) is 10.6. The molecule has 2 nitrogen and oxygen atoms in total. The Labute approximate surface area is 124 Å². The smallest absolute Gasteiger partial charge is 0.330 e.